The summed E-state index contributed by atoms with van der Waals surface area (Å²) in [5.74, 6) is -0.298. The molecule has 0 aromatic heterocycles. The smallest absolute Gasteiger partial charge is 0.244 e. The molecular formula is C34H40N2O2. The van der Waals surface area contributed by atoms with E-state index >= 15 is 0 Å². The lowest BCUT2D eigenvalue weighted by Crippen LogP contribution is -2.21. The summed E-state index contributed by atoms with van der Waals surface area (Å²) < 4.78 is 0. The second-order valence-corrected chi connectivity index (χ2v) is 11.7. The molecule has 38 heavy (non-hydrogen) atoms. The normalized spacial score (nSPS) is 12.2. The van der Waals surface area contributed by atoms with E-state index in [2.05, 4.69) is 76.4 Å². The molecule has 0 aliphatic rings. The van der Waals surface area contributed by atoms with Crippen molar-refractivity contribution in [2.45, 2.75) is 65.5 Å². The van der Waals surface area contributed by atoms with Gasteiger partial charge in [0.25, 0.3) is 0 Å². The summed E-state index contributed by atoms with van der Waals surface area (Å²) >= 11 is 0. The molecule has 0 spiro atoms. The van der Waals surface area contributed by atoms with Crippen molar-refractivity contribution < 1.29 is 9.59 Å². The van der Waals surface area contributed by atoms with Crippen LogP contribution in [0.4, 0.5) is 0 Å². The summed E-state index contributed by atoms with van der Waals surface area (Å²) in [4.78, 5) is 24.6. The lowest BCUT2D eigenvalue weighted by atomic mass is 9.87. The molecule has 0 heterocycles. The fourth-order valence-corrected chi connectivity index (χ4v) is 3.88. The van der Waals surface area contributed by atoms with Gasteiger partial charge >= 0.3 is 0 Å². The van der Waals surface area contributed by atoms with Crippen LogP contribution in [0.1, 0.15) is 74.9 Å². The predicted molar refractivity (Wildman–Crippen MR) is 158 cm³/mol. The van der Waals surface area contributed by atoms with E-state index < -0.39 is 0 Å². The largest absolute Gasteiger partial charge is 0.348 e. The number of nitrogens with one attached hydrogen (secondary N) is 2. The van der Waals surface area contributed by atoms with Crippen LogP contribution in [0.25, 0.3) is 12.2 Å². The Bertz CT molecular complexity index is 1190. The van der Waals surface area contributed by atoms with Crippen molar-refractivity contribution in [2.24, 2.45) is 0 Å². The topological polar surface area (TPSA) is 58.2 Å². The van der Waals surface area contributed by atoms with Crippen LogP contribution in [-0.4, -0.2) is 11.8 Å². The summed E-state index contributed by atoms with van der Waals surface area (Å²) in [6, 6.07) is 24.4. The summed E-state index contributed by atoms with van der Waals surface area (Å²) in [5.41, 5.74) is 6.65. The van der Waals surface area contributed by atoms with Gasteiger partial charge < -0.3 is 10.6 Å². The maximum Gasteiger partial charge on any atom is 0.244 e. The Morgan fingerprint density at radius 2 is 0.974 bits per heavy atom. The van der Waals surface area contributed by atoms with Crippen LogP contribution in [0.15, 0.2) is 84.9 Å². The molecule has 0 saturated heterocycles. The fourth-order valence-electron chi connectivity index (χ4n) is 3.88. The van der Waals surface area contributed by atoms with Crippen LogP contribution in [-0.2, 0) is 33.5 Å². The van der Waals surface area contributed by atoms with E-state index in [1.807, 2.05) is 60.7 Å². The Morgan fingerprint density at radius 1 is 0.605 bits per heavy atom. The molecule has 198 valence electrons. The molecule has 0 aliphatic carbocycles. The van der Waals surface area contributed by atoms with Gasteiger partial charge in [0.05, 0.1) is 0 Å². The van der Waals surface area contributed by atoms with Gasteiger partial charge in [-0.2, -0.15) is 0 Å². The Kier molecular flexibility index (Phi) is 9.46. The third-order valence-electron chi connectivity index (χ3n) is 6.33. The van der Waals surface area contributed by atoms with Gasteiger partial charge in [-0.25, -0.2) is 0 Å². The van der Waals surface area contributed by atoms with E-state index in [1.165, 1.54) is 11.1 Å². The third-order valence-corrected chi connectivity index (χ3v) is 6.33. The molecule has 4 nitrogen and oxygen atoms in total. The molecule has 0 atom stereocenters. The van der Waals surface area contributed by atoms with Gasteiger partial charge in [-0.3, -0.25) is 9.59 Å². The first-order valence-electron chi connectivity index (χ1n) is 13.1. The summed E-state index contributed by atoms with van der Waals surface area (Å²) in [6.07, 6.45) is 6.75. The number of amides is 2. The molecule has 3 rings (SSSR count). The zero-order valence-corrected chi connectivity index (χ0v) is 23.5. The number of benzene rings is 3. The highest BCUT2D eigenvalue weighted by molar-refractivity contribution is 5.92. The molecule has 4 heteroatoms. The summed E-state index contributed by atoms with van der Waals surface area (Å²) in [6.45, 7) is 13.9. The number of hydrogen-bond acceptors (Lipinski definition) is 2. The third kappa shape index (κ3) is 9.19. The number of hydrogen-bond donors (Lipinski definition) is 2. The van der Waals surface area contributed by atoms with Gasteiger partial charge in [0.2, 0.25) is 11.8 Å². The lowest BCUT2D eigenvalue weighted by molar-refractivity contribution is -0.117. The lowest BCUT2D eigenvalue weighted by Gasteiger charge is -2.18. The standard InChI is InChI=1S/C34H40N2O2/c1-33(2,3)29-16-10-25(11-17-29)14-20-31(37)35-23-27-8-7-9-28(22-27)24-36-32(38)21-15-26-12-18-30(19-13-26)34(4,5)6/h7-22H,23-24H2,1-6H3,(H,35,37)(H,36,38)/b20-14+,21-15+. The quantitative estimate of drug-likeness (QED) is 0.324. The molecule has 0 unspecified atom stereocenters. The van der Waals surface area contributed by atoms with Crippen molar-refractivity contribution >= 4 is 24.0 Å². The van der Waals surface area contributed by atoms with E-state index in [9.17, 15) is 9.59 Å². The number of rotatable bonds is 8. The van der Waals surface area contributed by atoms with Crippen LogP contribution >= 0.6 is 0 Å². The van der Waals surface area contributed by atoms with Crippen molar-refractivity contribution in [2.75, 3.05) is 0 Å². The molecule has 0 fully saturated rings. The minimum Gasteiger partial charge on any atom is -0.348 e. The first-order chi connectivity index (χ1) is 17.9. The summed E-state index contributed by atoms with van der Waals surface area (Å²) in [7, 11) is 0. The minimum atomic E-state index is -0.149. The van der Waals surface area contributed by atoms with E-state index in [0.29, 0.717) is 13.1 Å². The van der Waals surface area contributed by atoms with E-state index in [-0.39, 0.29) is 22.6 Å². The van der Waals surface area contributed by atoms with Crippen LogP contribution in [0, 0.1) is 0 Å². The van der Waals surface area contributed by atoms with Gasteiger partial charge in [0, 0.05) is 25.2 Å². The van der Waals surface area contributed by atoms with Crippen molar-refractivity contribution in [3.8, 4) is 0 Å². The average Bonchev–Trinajstić information content (AvgIpc) is 2.88. The van der Waals surface area contributed by atoms with Gasteiger partial charge in [-0.15, -0.1) is 0 Å². The van der Waals surface area contributed by atoms with Gasteiger partial charge in [0.15, 0.2) is 0 Å². The minimum absolute atomic E-state index is 0.104. The van der Waals surface area contributed by atoms with Crippen molar-refractivity contribution in [1.29, 1.82) is 0 Å². The Morgan fingerprint density at radius 3 is 1.32 bits per heavy atom. The molecule has 2 N–H and O–H groups in total. The Labute approximate surface area is 227 Å². The van der Waals surface area contributed by atoms with Crippen LogP contribution in [0.3, 0.4) is 0 Å². The first kappa shape index (κ1) is 28.6. The van der Waals surface area contributed by atoms with E-state index in [4.69, 9.17) is 0 Å². The predicted octanol–water partition coefficient (Wildman–Crippen LogP) is 6.94. The number of carbonyl (C=O) groups excluding carboxylic acids is 2. The van der Waals surface area contributed by atoms with Crippen LogP contribution in [0.5, 0.6) is 0 Å². The SMILES string of the molecule is CC(C)(C)c1ccc(/C=C/C(=O)NCc2cccc(CNC(=O)/C=C/c3ccc(C(C)(C)C)cc3)c2)cc1. The van der Waals surface area contributed by atoms with Gasteiger partial charge in [-0.05, 0) is 56.4 Å². The Hall–Kier alpha value is -3.92. The highest BCUT2D eigenvalue weighted by Gasteiger charge is 2.13. The second-order valence-electron chi connectivity index (χ2n) is 11.7. The Balaban J connectivity index is 1.46. The molecule has 0 bridgehead atoms. The van der Waals surface area contributed by atoms with Gasteiger partial charge in [-0.1, -0.05) is 114 Å². The van der Waals surface area contributed by atoms with Crippen molar-refractivity contribution in [1.82, 2.24) is 10.6 Å². The van der Waals surface area contributed by atoms with Crippen LogP contribution in [0.2, 0.25) is 0 Å². The van der Waals surface area contributed by atoms with Crippen molar-refractivity contribution in [3.63, 3.8) is 0 Å². The maximum atomic E-state index is 12.3. The van der Waals surface area contributed by atoms with E-state index in [1.54, 1.807) is 12.2 Å². The highest BCUT2D eigenvalue weighted by Crippen LogP contribution is 2.23. The fraction of sp³-hybridized carbons (Fsp3) is 0.294. The second kappa shape index (κ2) is 12.6. The van der Waals surface area contributed by atoms with Crippen molar-refractivity contribution in [3.05, 3.63) is 118 Å². The zero-order chi connectivity index (χ0) is 27.8. The van der Waals surface area contributed by atoms with E-state index in [0.717, 1.165) is 22.3 Å². The molecule has 3 aromatic carbocycles. The highest BCUT2D eigenvalue weighted by atomic mass is 16.2. The molecule has 2 amide bonds. The molecule has 0 saturated carbocycles. The number of carbonyl (C=O) groups is 2. The van der Waals surface area contributed by atoms with Gasteiger partial charge in [0.1, 0.15) is 0 Å². The van der Waals surface area contributed by atoms with Crippen LogP contribution < -0.4 is 10.6 Å². The average molecular weight is 509 g/mol. The molecular weight excluding hydrogens is 468 g/mol. The molecule has 0 aliphatic heterocycles. The molecule has 3 aromatic rings. The zero-order valence-electron chi connectivity index (χ0n) is 23.5. The first-order valence-corrected chi connectivity index (χ1v) is 13.1. The maximum absolute atomic E-state index is 12.3. The molecule has 0 radical (unpaired) electrons. The summed E-state index contributed by atoms with van der Waals surface area (Å²) in [5, 5.41) is 5.85. The monoisotopic (exact) mass is 508 g/mol.